The van der Waals surface area contributed by atoms with E-state index in [0.29, 0.717) is 12.0 Å². The van der Waals surface area contributed by atoms with Crippen molar-refractivity contribution in [2.24, 2.45) is 0 Å². The van der Waals surface area contributed by atoms with E-state index in [4.69, 9.17) is 0 Å². The Morgan fingerprint density at radius 2 is 2.13 bits per heavy atom. The van der Waals surface area contributed by atoms with Gasteiger partial charge in [0.2, 0.25) is 5.95 Å². The minimum absolute atomic E-state index is 0.312. The molecule has 0 radical (unpaired) electrons. The third-order valence-corrected chi connectivity index (χ3v) is 3.15. The van der Waals surface area contributed by atoms with Gasteiger partial charge in [-0.2, -0.15) is 0 Å². The van der Waals surface area contributed by atoms with Crippen molar-refractivity contribution >= 4 is 17.3 Å². The Hall–Kier alpha value is -1.42. The number of thiophene rings is 1. The molecule has 0 spiro atoms. The standard InChI is InChI=1S/C11H13N3S/c1-2-9(10-5-3-8-15-10)14-11-12-6-4-7-13-11/h3-9H,2H2,1H3,(H,12,13,14). The van der Waals surface area contributed by atoms with E-state index in [2.05, 4.69) is 39.7 Å². The van der Waals surface area contributed by atoms with Gasteiger partial charge in [0.1, 0.15) is 0 Å². The van der Waals surface area contributed by atoms with Gasteiger partial charge in [0.25, 0.3) is 0 Å². The summed E-state index contributed by atoms with van der Waals surface area (Å²) in [5.74, 6) is 0.692. The Bertz CT molecular complexity index is 385. The van der Waals surface area contributed by atoms with Gasteiger partial charge in [-0.1, -0.05) is 13.0 Å². The lowest BCUT2D eigenvalue weighted by Crippen LogP contribution is -2.10. The van der Waals surface area contributed by atoms with E-state index >= 15 is 0 Å². The van der Waals surface area contributed by atoms with Crippen molar-refractivity contribution in [3.8, 4) is 0 Å². The first-order chi connectivity index (χ1) is 7.40. The molecule has 1 N–H and O–H groups in total. The number of hydrogen-bond acceptors (Lipinski definition) is 4. The van der Waals surface area contributed by atoms with Crippen LogP contribution in [-0.2, 0) is 0 Å². The van der Waals surface area contributed by atoms with Crippen molar-refractivity contribution in [1.82, 2.24) is 9.97 Å². The number of aromatic nitrogens is 2. The molecule has 3 nitrogen and oxygen atoms in total. The summed E-state index contributed by atoms with van der Waals surface area (Å²) in [4.78, 5) is 9.64. The molecule has 2 rings (SSSR count). The molecule has 0 aliphatic heterocycles. The van der Waals surface area contributed by atoms with Gasteiger partial charge in [-0.15, -0.1) is 11.3 Å². The summed E-state index contributed by atoms with van der Waals surface area (Å²) in [6.45, 7) is 2.15. The van der Waals surface area contributed by atoms with Crippen LogP contribution in [0, 0.1) is 0 Å². The van der Waals surface area contributed by atoms with E-state index in [1.165, 1.54) is 4.88 Å². The first-order valence-electron chi connectivity index (χ1n) is 4.97. The van der Waals surface area contributed by atoms with Crippen LogP contribution in [0.15, 0.2) is 36.0 Å². The molecular weight excluding hydrogens is 206 g/mol. The van der Waals surface area contributed by atoms with Gasteiger partial charge < -0.3 is 5.32 Å². The predicted octanol–water partition coefficient (Wildman–Crippen LogP) is 3.10. The van der Waals surface area contributed by atoms with Crippen molar-refractivity contribution in [3.05, 3.63) is 40.8 Å². The lowest BCUT2D eigenvalue weighted by atomic mass is 10.2. The molecule has 4 heteroatoms. The van der Waals surface area contributed by atoms with Gasteiger partial charge >= 0.3 is 0 Å². The molecule has 2 aromatic rings. The van der Waals surface area contributed by atoms with Gasteiger partial charge in [-0.05, 0) is 23.9 Å². The van der Waals surface area contributed by atoms with Crippen LogP contribution >= 0.6 is 11.3 Å². The molecule has 2 aromatic heterocycles. The lowest BCUT2D eigenvalue weighted by Gasteiger charge is -2.14. The van der Waals surface area contributed by atoms with Crippen molar-refractivity contribution in [3.63, 3.8) is 0 Å². The first-order valence-corrected chi connectivity index (χ1v) is 5.85. The van der Waals surface area contributed by atoms with Crippen molar-refractivity contribution in [2.45, 2.75) is 19.4 Å². The van der Waals surface area contributed by atoms with Gasteiger partial charge in [0, 0.05) is 17.3 Å². The average molecular weight is 219 g/mol. The minimum atomic E-state index is 0.312. The average Bonchev–Trinajstić information content (AvgIpc) is 2.81. The lowest BCUT2D eigenvalue weighted by molar-refractivity contribution is 0.752. The molecule has 78 valence electrons. The Labute approximate surface area is 93.2 Å². The van der Waals surface area contributed by atoms with Crippen LogP contribution in [0.5, 0.6) is 0 Å². The Morgan fingerprint density at radius 1 is 1.33 bits per heavy atom. The highest BCUT2D eigenvalue weighted by Crippen LogP contribution is 2.24. The predicted molar refractivity (Wildman–Crippen MR) is 63.0 cm³/mol. The molecule has 0 bridgehead atoms. The highest BCUT2D eigenvalue weighted by Gasteiger charge is 2.10. The summed E-state index contributed by atoms with van der Waals surface area (Å²) >= 11 is 1.76. The highest BCUT2D eigenvalue weighted by atomic mass is 32.1. The van der Waals surface area contributed by atoms with Crippen molar-refractivity contribution in [2.75, 3.05) is 5.32 Å². The fraction of sp³-hybridized carbons (Fsp3) is 0.273. The molecule has 0 aromatic carbocycles. The van der Waals surface area contributed by atoms with E-state index in [1.54, 1.807) is 23.7 Å². The maximum absolute atomic E-state index is 4.16. The fourth-order valence-corrected chi connectivity index (χ4v) is 2.25. The second kappa shape index (κ2) is 4.89. The molecule has 0 aliphatic rings. The molecule has 0 saturated heterocycles. The van der Waals surface area contributed by atoms with Crippen LogP contribution in [0.2, 0.25) is 0 Å². The first kappa shape index (κ1) is 10.1. The Kier molecular flexibility index (Phi) is 3.29. The number of rotatable bonds is 4. The second-order valence-electron chi connectivity index (χ2n) is 3.19. The maximum Gasteiger partial charge on any atom is 0.223 e. The van der Waals surface area contributed by atoms with E-state index in [9.17, 15) is 0 Å². The largest absolute Gasteiger partial charge is 0.347 e. The zero-order valence-electron chi connectivity index (χ0n) is 8.55. The molecule has 0 amide bonds. The van der Waals surface area contributed by atoms with Gasteiger partial charge in [-0.3, -0.25) is 0 Å². The van der Waals surface area contributed by atoms with E-state index < -0.39 is 0 Å². The van der Waals surface area contributed by atoms with Crippen LogP contribution in [0.1, 0.15) is 24.3 Å². The topological polar surface area (TPSA) is 37.8 Å². The van der Waals surface area contributed by atoms with Crippen molar-refractivity contribution in [1.29, 1.82) is 0 Å². The number of nitrogens with one attached hydrogen (secondary N) is 1. The van der Waals surface area contributed by atoms with Crippen LogP contribution in [0.25, 0.3) is 0 Å². The van der Waals surface area contributed by atoms with Crippen LogP contribution in [0.3, 0.4) is 0 Å². The van der Waals surface area contributed by atoms with E-state index in [-0.39, 0.29) is 0 Å². The molecule has 1 atom stereocenters. The van der Waals surface area contributed by atoms with Gasteiger partial charge in [-0.25, -0.2) is 9.97 Å². The summed E-state index contributed by atoms with van der Waals surface area (Å²) < 4.78 is 0. The quantitative estimate of drug-likeness (QED) is 0.858. The molecule has 15 heavy (non-hydrogen) atoms. The van der Waals surface area contributed by atoms with E-state index in [0.717, 1.165) is 6.42 Å². The zero-order valence-corrected chi connectivity index (χ0v) is 9.37. The number of hydrogen-bond donors (Lipinski definition) is 1. The summed E-state index contributed by atoms with van der Waals surface area (Å²) in [6.07, 6.45) is 4.52. The normalized spacial score (nSPS) is 12.3. The smallest absolute Gasteiger partial charge is 0.223 e. The number of nitrogens with zero attached hydrogens (tertiary/aromatic N) is 2. The van der Waals surface area contributed by atoms with E-state index in [1.807, 2.05) is 6.07 Å². The fourth-order valence-electron chi connectivity index (χ4n) is 1.39. The minimum Gasteiger partial charge on any atom is -0.347 e. The molecule has 0 aliphatic carbocycles. The number of anilines is 1. The van der Waals surface area contributed by atoms with Crippen LogP contribution < -0.4 is 5.32 Å². The third-order valence-electron chi connectivity index (χ3n) is 2.16. The van der Waals surface area contributed by atoms with Crippen LogP contribution in [0.4, 0.5) is 5.95 Å². The maximum atomic E-state index is 4.16. The van der Waals surface area contributed by atoms with Gasteiger partial charge in [0.15, 0.2) is 0 Å². The zero-order chi connectivity index (χ0) is 10.5. The molecule has 0 saturated carbocycles. The second-order valence-corrected chi connectivity index (χ2v) is 4.17. The summed E-state index contributed by atoms with van der Waals surface area (Å²) in [6, 6.07) is 6.33. The molecule has 1 unspecified atom stereocenters. The summed E-state index contributed by atoms with van der Waals surface area (Å²) in [7, 11) is 0. The Morgan fingerprint density at radius 3 is 2.73 bits per heavy atom. The highest BCUT2D eigenvalue weighted by molar-refractivity contribution is 7.10. The summed E-state index contributed by atoms with van der Waals surface area (Å²) in [5.41, 5.74) is 0. The van der Waals surface area contributed by atoms with Crippen molar-refractivity contribution < 1.29 is 0 Å². The van der Waals surface area contributed by atoms with Crippen LogP contribution in [-0.4, -0.2) is 9.97 Å². The Balaban J connectivity index is 2.10. The molecular formula is C11H13N3S. The summed E-state index contributed by atoms with van der Waals surface area (Å²) in [5, 5.41) is 5.41. The third kappa shape index (κ3) is 2.53. The SMILES string of the molecule is CCC(Nc1ncccn1)c1cccs1. The monoisotopic (exact) mass is 219 g/mol. The molecule has 2 heterocycles. The molecule has 0 fully saturated rings. The van der Waals surface area contributed by atoms with Gasteiger partial charge in [0.05, 0.1) is 6.04 Å².